The summed E-state index contributed by atoms with van der Waals surface area (Å²) in [7, 11) is 2.02. The molecule has 1 aromatic heterocycles. The maximum absolute atomic E-state index is 5.55. The first-order chi connectivity index (χ1) is 7.72. The van der Waals surface area contributed by atoms with Crippen LogP contribution in [0.5, 0.6) is 0 Å². The second-order valence-electron chi connectivity index (χ2n) is 3.68. The lowest BCUT2D eigenvalue weighted by Crippen LogP contribution is -2.07. The van der Waals surface area contributed by atoms with Crippen LogP contribution in [0.3, 0.4) is 0 Å². The van der Waals surface area contributed by atoms with Gasteiger partial charge in [-0.1, -0.05) is 28.1 Å². The van der Waals surface area contributed by atoms with E-state index in [1.165, 1.54) is 0 Å². The van der Waals surface area contributed by atoms with Crippen LogP contribution in [0.2, 0.25) is 0 Å². The predicted molar refractivity (Wildman–Crippen MR) is 69.1 cm³/mol. The predicted octanol–water partition coefficient (Wildman–Crippen LogP) is 2.35. The molecule has 0 fully saturated rings. The highest BCUT2D eigenvalue weighted by Gasteiger charge is 2.07. The van der Waals surface area contributed by atoms with Crippen molar-refractivity contribution >= 4 is 15.9 Å². The van der Waals surface area contributed by atoms with E-state index in [0.717, 1.165) is 28.0 Å². The number of imidazole rings is 1. The van der Waals surface area contributed by atoms with Gasteiger partial charge in [0.15, 0.2) is 0 Å². The molecule has 0 aliphatic heterocycles. The Bertz CT molecular complexity index is 491. The summed E-state index contributed by atoms with van der Waals surface area (Å²) in [6, 6.07) is 8.14. The fourth-order valence-electron chi connectivity index (χ4n) is 1.72. The minimum atomic E-state index is 0.650. The van der Waals surface area contributed by atoms with E-state index in [-0.39, 0.29) is 0 Å². The number of hydrogen-bond acceptors (Lipinski definition) is 2. The molecule has 0 radical (unpaired) electrons. The minimum Gasteiger partial charge on any atom is -0.331 e. The van der Waals surface area contributed by atoms with Gasteiger partial charge in [0.2, 0.25) is 0 Å². The van der Waals surface area contributed by atoms with Gasteiger partial charge in [0.05, 0.1) is 0 Å². The van der Waals surface area contributed by atoms with E-state index in [9.17, 15) is 0 Å². The number of nitrogens with zero attached hydrogens (tertiary/aromatic N) is 2. The van der Waals surface area contributed by atoms with Crippen LogP contribution >= 0.6 is 15.9 Å². The molecule has 4 heteroatoms. The summed E-state index contributed by atoms with van der Waals surface area (Å²) < 4.78 is 3.16. The molecule has 1 aromatic carbocycles. The molecular formula is C12H14BrN3. The van der Waals surface area contributed by atoms with E-state index in [2.05, 4.69) is 37.6 Å². The maximum Gasteiger partial charge on any atom is 0.139 e. The Morgan fingerprint density at radius 1 is 1.44 bits per heavy atom. The Balaban J connectivity index is 2.41. The topological polar surface area (TPSA) is 43.8 Å². The van der Waals surface area contributed by atoms with Crippen molar-refractivity contribution in [2.75, 3.05) is 6.54 Å². The van der Waals surface area contributed by atoms with Crippen LogP contribution in [0.25, 0.3) is 11.4 Å². The summed E-state index contributed by atoms with van der Waals surface area (Å²) in [5.41, 5.74) is 7.83. The molecule has 0 amide bonds. The van der Waals surface area contributed by atoms with Crippen molar-refractivity contribution in [2.45, 2.75) is 6.42 Å². The first-order valence-corrected chi connectivity index (χ1v) is 5.98. The van der Waals surface area contributed by atoms with Gasteiger partial charge >= 0.3 is 0 Å². The van der Waals surface area contributed by atoms with Gasteiger partial charge in [0.25, 0.3) is 0 Å². The molecule has 0 saturated carbocycles. The van der Waals surface area contributed by atoms with Crippen molar-refractivity contribution in [3.05, 3.63) is 40.6 Å². The van der Waals surface area contributed by atoms with Gasteiger partial charge in [-0.2, -0.15) is 0 Å². The van der Waals surface area contributed by atoms with Gasteiger partial charge in [0, 0.05) is 35.4 Å². The molecule has 2 aromatic rings. The van der Waals surface area contributed by atoms with Crippen molar-refractivity contribution in [3.63, 3.8) is 0 Å². The lowest BCUT2D eigenvalue weighted by atomic mass is 10.2. The van der Waals surface area contributed by atoms with Gasteiger partial charge in [0.1, 0.15) is 5.82 Å². The zero-order chi connectivity index (χ0) is 11.5. The molecule has 0 aliphatic rings. The third kappa shape index (κ3) is 2.18. The van der Waals surface area contributed by atoms with Crippen LogP contribution in [0.15, 0.2) is 34.9 Å². The highest BCUT2D eigenvalue weighted by atomic mass is 79.9. The highest BCUT2D eigenvalue weighted by molar-refractivity contribution is 9.10. The van der Waals surface area contributed by atoms with Gasteiger partial charge in [-0.15, -0.1) is 0 Å². The van der Waals surface area contributed by atoms with Crippen LogP contribution in [-0.4, -0.2) is 16.1 Å². The SMILES string of the molecule is Cn1c(CCN)cnc1-c1cccc(Br)c1. The van der Waals surface area contributed by atoms with Crippen LogP contribution < -0.4 is 5.73 Å². The number of aromatic nitrogens is 2. The number of halogens is 1. The summed E-state index contributed by atoms with van der Waals surface area (Å²) in [6.07, 6.45) is 2.75. The zero-order valence-corrected chi connectivity index (χ0v) is 10.7. The molecule has 3 nitrogen and oxygen atoms in total. The Labute approximate surface area is 103 Å². The lowest BCUT2D eigenvalue weighted by Gasteiger charge is -2.05. The fourth-order valence-corrected chi connectivity index (χ4v) is 2.12. The molecular weight excluding hydrogens is 266 g/mol. The molecule has 2 rings (SSSR count). The Morgan fingerprint density at radius 2 is 2.25 bits per heavy atom. The average molecular weight is 280 g/mol. The molecule has 0 bridgehead atoms. The van der Waals surface area contributed by atoms with Crippen LogP contribution in [-0.2, 0) is 13.5 Å². The molecule has 0 saturated heterocycles. The summed E-state index contributed by atoms with van der Waals surface area (Å²) in [4.78, 5) is 4.43. The van der Waals surface area contributed by atoms with E-state index in [4.69, 9.17) is 5.73 Å². The second-order valence-corrected chi connectivity index (χ2v) is 4.60. The largest absolute Gasteiger partial charge is 0.331 e. The van der Waals surface area contributed by atoms with Crippen LogP contribution in [0, 0.1) is 0 Å². The van der Waals surface area contributed by atoms with E-state index < -0.39 is 0 Å². The monoisotopic (exact) mass is 279 g/mol. The van der Waals surface area contributed by atoms with Crippen molar-refractivity contribution in [1.29, 1.82) is 0 Å². The molecule has 0 aliphatic carbocycles. The molecule has 0 spiro atoms. The summed E-state index contributed by atoms with van der Waals surface area (Å²) in [6.45, 7) is 0.650. The van der Waals surface area contributed by atoms with Crippen LogP contribution in [0.1, 0.15) is 5.69 Å². The van der Waals surface area contributed by atoms with Gasteiger partial charge in [-0.05, 0) is 18.7 Å². The smallest absolute Gasteiger partial charge is 0.139 e. The second kappa shape index (κ2) is 4.80. The molecule has 0 unspecified atom stereocenters. The van der Waals surface area contributed by atoms with E-state index >= 15 is 0 Å². The van der Waals surface area contributed by atoms with Crippen molar-refractivity contribution in [1.82, 2.24) is 9.55 Å². The first-order valence-electron chi connectivity index (χ1n) is 5.19. The average Bonchev–Trinajstić information content (AvgIpc) is 2.61. The van der Waals surface area contributed by atoms with Crippen molar-refractivity contribution < 1.29 is 0 Å². The maximum atomic E-state index is 5.55. The Morgan fingerprint density at radius 3 is 2.94 bits per heavy atom. The van der Waals surface area contributed by atoms with E-state index in [1.807, 2.05) is 25.4 Å². The molecule has 16 heavy (non-hydrogen) atoms. The highest BCUT2D eigenvalue weighted by Crippen LogP contribution is 2.22. The number of benzene rings is 1. The first kappa shape index (κ1) is 11.4. The normalized spacial score (nSPS) is 10.7. The number of nitrogens with two attached hydrogens (primary N) is 1. The summed E-state index contributed by atoms with van der Waals surface area (Å²) in [5, 5.41) is 0. The Kier molecular flexibility index (Phi) is 3.41. The standard InChI is InChI=1S/C12H14BrN3/c1-16-11(5-6-14)8-15-12(16)9-3-2-4-10(13)7-9/h2-4,7-8H,5-6,14H2,1H3. The third-order valence-corrected chi connectivity index (χ3v) is 3.06. The molecule has 0 atom stereocenters. The fraction of sp³-hybridized carbons (Fsp3) is 0.250. The van der Waals surface area contributed by atoms with Gasteiger partial charge in [-0.25, -0.2) is 4.98 Å². The molecule has 1 heterocycles. The third-order valence-electron chi connectivity index (χ3n) is 2.57. The van der Waals surface area contributed by atoms with Gasteiger partial charge < -0.3 is 10.3 Å². The quantitative estimate of drug-likeness (QED) is 0.938. The van der Waals surface area contributed by atoms with Gasteiger partial charge in [-0.3, -0.25) is 0 Å². The summed E-state index contributed by atoms with van der Waals surface area (Å²) in [5.74, 6) is 0.977. The van der Waals surface area contributed by atoms with E-state index in [0.29, 0.717) is 6.54 Å². The lowest BCUT2D eigenvalue weighted by molar-refractivity contribution is 0.811. The zero-order valence-electron chi connectivity index (χ0n) is 9.15. The van der Waals surface area contributed by atoms with E-state index in [1.54, 1.807) is 0 Å². The van der Waals surface area contributed by atoms with Crippen LogP contribution in [0.4, 0.5) is 0 Å². The molecule has 2 N–H and O–H groups in total. The number of rotatable bonds is 3. The van der Waals surface area contributed by atoms with Crippen molar-refractivity contribution in [2.24, 2.45) is 12.8 Å². The minimum absolute atomic E-state index is 0.650. The number of hydrogen-bond donors (Lipinski definition) is 1. The Hall–Kier alpha value is -1.13. The molecule has 84 valence electrons. The summed E-state index contributed by atoms with van der Waals surface area (Å²) >= 11 is 3.46. The van der Waals surface area contributed by atoms with Crippen molar-refractivity contribution in [3.8, 4) is 11.4 Å².